The van der Waals surface area contributed by atoms with Gasteiger partial charge in [-0.15, -0.1) is 0 Å². The lowest BCUT2D eigenvalue weighted by atomic mass is 10.0. The number of benzene rings is 3. The van der Waals surface area contributed by atoms with E-state index in [0.29, 0.717) is 38.1 Å². The van der Waals surface area contributed by atoms with Crippen LogP contribution in [0.15, 0.2) is 58.1 Å². The van der Waals surface area contributed by atoms with Crippen LogP contribution in [0.5, 0.6) is 0 Å². The van der Waals surface area contributed by atoms with E-state index in [9.17, 15) is 14.0 Å². The molecule has 0 atom stereocenters. The highest BCUT2D eigenvalue weighted by molar-refractivity contribution is 6.03. The Labute approximate surface area is 159 Å². The van der Waals surface area contributed by atoms with E-state index in [0.717, 1.165) is 11.1 Å². The SMILES string of the molecule is Cc1ccc2c(c1)c(=O)c1cc3c(cc1n2C)c(=O)c1cc(F)ccc1n3C. The smallest absolute Gasteiger partial charge is 0.197 e. The van der Waals surface area contributed by atoms with E-state index in [1.807, 2.05) is 48.4 Å². The van der Waals surface area contributed by atoms with Crippen LogP contribution >= 0.6 is 0 Å². The molecule has 0 saturated carbocycles. The van der Waals surface area contributed by atoms with Crippen LogP contribution in [0, 0.1) is 12.7 Å². The van der Waals surface area contributed by atoms with Gasteiger partial charge < -0.3 is 9.13 Å². The van der Waals surface area contributed by atoms with E-state index in [2.05, 4.69) is 0 Å². The maximum atomic E-state index is 13.7. The zero-order chi connectivity index (χ0) is 19.7. The molecule has 0 spiro atoms. The van der Waals surface area contributed by atoms with Gasteiger partial charge in [0.2, 0.25) is 0 Å². The topological polar surface area (TPSA) is 44.0 Å². The molecule has 3 aromatic carbocycles. The third kappa shape index (κ3) is 2.10. The Hall–Kier alpha value is -3.47. The van der Waals surface area contributed by atoms with E-state index >= 15 is 0 Å². The lowest BCUT2D eigenvalue weighted by Gasteiger charge is -2.15. The summed E-state index contributed by atoms with van der Waals surface area (Å²) in [7, 11) is 3.71. The molecule has 5 rings (SSSR count). The Morgan fingerprint density at radius 2 is 1.11 bits per heavy atom. The van der Waals surface area contributed by atoms with Crippen molar-refractivity contribution in [3.05, 3.63) is 80.4 Å². The average Bonchev–Trinajstić information content (AvgIpc) is 2.69. The van der Waals surface area contributed by atoms with Crippen molar-refractivity contribution >= 4 is 43.6 Å². The van der Waals surface area contributed by atoms with Gasteiger partial charge in [0.25, 0.3) is 0 Å². The van der Waals surface area contributed by atoms with Crippen LogP contribution in [0.3, 0.4) is 0 Å². The van der Waals surface area contributed by atoms with E-state index in [4.69, 9.17) is 0 Å². The Kier molecular flexibility index (Phi) is 3.29. The summed E-state index contributed by atoms with van der Waals surface area (Å²) in [6.45, 7) is 1.96. The Bertz CT molecular complexity index is 1470. The van der Waals surface area contributed by atoms with Crippen molar-refractivity contribution in [3.8, 4) is 0 Å². The third-order valence-electron chi connectivity index (χ3n) is 5.65. The van der Waals surface area contributed by atoms with E-state index in [1.54, 1.807) is 18.2 Å². The number of rotatable bonds is 0. The number of hydrogen-bond acceptors (Lipinski definition) is 2. The summed E-state index contributed by atoms with van der Waals surface area (Å²) in [6.07, 6.45) is 0. The second kappa shape index (κ2) is 5.52. The summed E-state index contributed by atoms with van der Waals surface area (Å²) in [6, 6.07) is 13.5. The van der Waals surface area contributed by atoms with Crippen LogP contribution in [0.1, 0.15) is 5.56 Å². The molecule has 0 unspecified atom stereocenters. The number of fused-ring (bicyclic) bond motifs is 4. The molecule has 0 saturated heterocycles. The van der Waals surface area contributed by atoms with Crippen molar-refractivity contribution in [1.82, 2.24) is 9.13 Å². The van der Waals surface area contributed by atoms with E-state index in [-0.39, 0.29) is 10.9 Å². The van der Waals surface area contributed by atoms with Crippen molar-refractivity contribution in [2.24, 2.45) is 14.1 Å². The van der Waals surface area contributed by atoms with Crippen molar-refractivity contribution in [2.75, 3.05) is 0 Å². The minimum absolute atomic E-state index is 0.0552. The maximum Gasteiger partial charge on any atom is 0.197 e. The van der Waals surface area contributed by atoms with Crippen LogP contribution in [-0.2, 0) is 14.1 Å². The highest BCUT2D eigenvalue weighted by Gasteiger charge is 2.15. The summed E-state index contributed by atoms with van der Waals surface area (Å²) >= 11 is 0. The molecule has 0 fully saturated rings. The van der Waals surface area contributed by atoms with Crippen molar-refractivity contribution < 1.29 is 4.39 Å². The molecule has 4 nitrogen and oxygen atoms in total. The van der Waals surface area contributed by atoms with Crippen LogP contribution in [0.2, 0.25) is 0 Å². The van der Waals surface area contributed by atoms with Crippen molar-refractivity contribution in [1.29, 1.82) is 0 Å². The van der Waals surface area contributed by atoms with Gasteiger partial charge in [-0.25, -0.2) is 4.39 Å². The summed E-state index contributed by atoms with van der Waals surface area (Å²) in [5, 5.41) is 2.01. The number of pyridine rings is 2. The lowest BCUT2D eigenvalue weighted by Crippen LogP contribution is -2.13. The van der Waals surface area contributed by atoms with Gasteiger partial charge in [-0.1, -0.05) is 11.6 Å². The maximum absolute atomic E-state index is 13.7. The molecule has 28 heavy (non-hydrogen) atoms. The number of aromatic nitrogens is 2. The molecule has 2 aromatic heterocycles. The molecule has 2 heterocycles. The standard InChI is InChI=1S/C23H17FN2O2/c1-12-4-6-18-14(8-12)22(27)16-10-21-17(11-20(16)25(18)2)23(28)15-9-13(24)5-7-19(15)26(21)3/h4-11H,1-3H3. The minimum Gasteiger partial charge on any atom is -0.343 e. The first-order valence-corrected chi connectivity index (χ1v) is 9.02. The molecule has 0 amide bonds. The molecule has 0 aliphatic rings. The Morgan fingerprint density at radius 3 is 1.68 bits per heavy atom. The Balaban J connectivity index is 2.08. The second-order valence-corrected chi connectivity index (χ2v) is 7.34. The highest BCUT2D eigenvalue weighted by atomic mass is 19.1. The fourth-order valence-corrected chi connectivity index (χ4v) is 4.15. The van der Waals surface area contributed by atoms with Crippen LogP contribution in [0.4, 0.5) is 4.39 Å². The third-order valence-corrected chi connectivity index (χ3v) is 5.65. The fourth-order valence-electron chi connectivity index (χ4n) is 4.15. The van der Waals surface area contributed by atoms with Gasteiger partial charge >= 0.3 is 0 Å². The molecule has 5 heteroatoms. The largest absolute Gasteiger partial charge is 0.343 e. The fraction of sp³-hybridized carbons (Fsp3) is 0.130. The predicted octanol–water partition coefficient (Wildman–Crippen LogP) is 4.14. The Morgan fingerprint density at radius 1 is 0.643 bits per heavy atom. The number of nitrogens with zero attached hydrogens (tertiary/aromatic N) is 2. The molecule has 0 aliphatic carbocycles. The molecular weight excluding hydrogens is 355 g/mol. The van der Waals surface area contributed by atoms with Crippen molar-refractivity contribution in [2.45, 2.75) is 6.92 Å². The average molecular weight is 372 g/mol. The zero-order valence-corrected chi connectivity index (χ0v) is 15.7. The summed E-state index contributed by atoms with van der Waals surface area (Å²) < 4.78 is 17.5. The first kappa shape index (κ1) is 16.7. The normalized spacial score (nSPS) is 11.9. The number of aryl methyl sites for hydroxylation is 3. The van der Waals surface area contributed by atoms with Crippen LogP contribution in [-0.4, -0.2) is 9.13 Å². The summed E-state index contributed by atoms with van der Waals surface area (Å²) in [4.78, 5) is 26.3. The van der Waals surface area contributed by atoms with E-state index in [1.165, 1.54) is 12.1 Å². The lowest BCUT2D eigenvalue weighted by molar-refractivity contribution is 0.629. The number of hydrogen-bond donors (Lipinski definition) is 0. The van der Waals surface area contributed by atoms with Gasteiger partial charge in [-0.2, -0.15) is 0 Å². The zero-order valence-electron chi connectivity index (χ0n) is 15.7. The van der Waals surface area contributed by atoms with Gasteiger partial charge in [0, 0.05) is 35.6 Å². The van der Waals surface area contributed by atoms with Gasteiger partial charge in [-0.05, 0) is 49.4 Å². The van der Waals surface area contributed by atoms with Gasteiger partial charge in [0.05, 0.1) is 22.1 Å². The van der Waals surface area contributed by atoms with Gasteiger partial charge in [0.1, 0.15) is 5.82 Å². The molecular formula is C23H17FN2O2. The summed E-state index contributed by atoms with van der Waals surface area (Å²) in [5.74, 6) is -0.446. The molecule has 138 valence electrons. The predicted molar refractivity (Wildman–Crippen MR) is 112 cm³/mol. The molecule has 0 aliphatic heterocycles. The minimum atomic E-state index is -0.446. The van der Waals surface area contributed by atoms with Crippen molar-refractivity contribution in [3.63, 3.8) is 0 Å². The monoisotopic (exact) mass is 372 g/mol. The first-order chi connectivity index (χ1) is 13.4. The summed E-state index contributed by atoms with van der Waals surface area (Å²) in [5.41, 5.74) is 3.51. The highest BCUT2D eigenvalue weighted by Crippen LogP contribution is 2.25. The molecule has 0 N–H and O–H groups in total. The number of halogens is 1. The molecule has 0 radical (unpaired) electrons. The second-order valence-electron chi connectivity index (χ2n) is 7.34. The quantitative estimate of drug-likeness (QED) is 0.384. The van der Waals surface area contributed by atoms with Crippen LogP contribution < -0.4 is 10.9 Å². The van der Waals surface area contributed by atoms with Crippen LogP contribution in [0.25, 0.3) is 43.6 Å². The van der Waals surface area contributed by atoms with Gasteiger partial charge in [0.15, 0.2) is 10.9 Å². The molecule has 5 aromatic rings. The van der Waals surface area contributed by atoms with E-state index < -0.39 is 5.82 Å². The van der Waals surface area contributed by atoms with Gasteiger partial charge in [-0.3, -0.25) is 9.59 Å². The first-order valence-electron chi connectivity index (χ1n) is 9.02. The molecule has 0 bridgehead atoms.